The Bertz CT molecular complexity index is 282. The summed E-state index contributed by atoms with van der Waals surface area (Å²) in [6.07, 6.45) is 4.45. The molecular weight excluding hydrogens is 240 g/mol. The number of carbonyl (C=O) groups is 2. The van der Waals surface area contributed by atoms with Crippen LogP contribution in [0.3, 0.4) is 0 Å². The second kappa shape index (κ2) is 6.74. The van der Waals surface area contributed by atoms with Crippen molar-refractivity contribution < 1.29 is 14.7 Å². The van der Waals surface area contributed by atoms with Gasteiger partial charge in [-0.1, -0.05) is 0 Å². The number of carbonyl (C=O) groups excluding carboxylic acids is 1. The molecule has 17 heavy (non-hydrogen) atoms. The number of nitrogens with zero attached hydrogens (tertiary/aromatic N) is 1. The third-order valence-corrected chi connectivity index (χ3v) is 3.44. The molecule has 1 aliphatic rings. The van der Waals surface area contributed by atoms with E-state index >= 15 is 0 Å². The van der Waals surface area contributed by atoms with Gasteiger partial charge in [0.15, 0.2) is 0 Å². The van der Waals surface area contributed by atoms with Gasteiger partial charge in [-0.3, -0.25) is 0 Å². The van der Waals surface area contributed by atoms with E-state index in [1.54, 1.807) is 16.7 Å². The van der Waals surface area contributed by atoms with Crippen molar-refractivity contribution in [2.45, 2.75) is 38.3 Å². The number of nitrogens with one attached hydrogen (secondary N) is 1. The van der Waals surface area contributed by atoms with Crippen molar-refractivity contribution in [3.8, 4) is 0 Å². The van der Waals surface area contributed by atoms with Crippen LogP contribution in [0.4, 0.5) is 4.79 Å². The molecule has 1 rings (SSSR count). The number of urea groups is 1. The number of amides is 2. The van der Waals surface area contributed by atoms with Gasteiger partial charge in [0.05, 0.1) is 0 Å². The zero-order valence-corrected chi connectivity index (χ0v) is 11.1. The number of carboxylic acid groups (broad SMARTS) is 1. The van der Waals surface area contributed by atoms with E-state index < -0.39 is 12.0 Å². The Balaban J connectivity index is 2.46. The monoisotopic (exact) mass is 260 g/mol. The van der Waals surface area contributed by atoms with Gasteiger partial charge in [0, 0.05) is 12.6 Å². The smallest absolute Gasteiger partial charge is 0.326 e. The van der Waals surface area contributed by atoms with Crippen molar-refractivity contribution in [3.05, 3.63) is 0 Å². The van der Waals surface area contributed by atoms with E-state index in [0.29, 0.717) is 19.0 Å². The highest BCUT2D eigenvalue weighted by Gasteiger charge is 2.33. The van der Waals surface area contributed by atoms with Crippen LogP contribution >= 0.6 is 11.8 Å². The Labute approximate surface area is 106 Å². The number of hydrogen-bond donors (Lipinski definition) is 2. The maximum Gasteiger partial charge on any atom is 0.326 e. The first-order valence-corrected chi connectivity index (χ1v) is 7.28. The lowest BCUT2D eigenvalue weighted by Crippen LogP contribution is -2.48. The van der Waals surface area contributed by atoms with E-state index in [1.807, 2.05) is 13.2 Å². The van der Waals surface area contributed by atoms with Gasteiger partial charge in [-0.15, -0.1) is 0 Å². The number of rotatable bonds is 7. The molecule has 2 N–H and O–H groups in total. The average Bonchev–Trinajstić information content (AvgIpc) is 3.09. The van der Waals surface area contributed by atoms with Gasteiger partial charge in [0.25, 0.3) is 0 Å². The Morgan fingerprint density at radius 1 is 1.53 bits per heavy atom. The standard InChI is InChI=1S/C11H20N2O3S/c1-3-13(8-4-5-8)11(16)12-9(10(14)15)6-7-17-2/h8-9H,3-7H2,1-2H3,(H,12,16)(H,14,15). The Morgan fingerprint density at radius 3 is 2.59 bits per heavy atom. The van der Waals surface area contributed by atoms with E-state index in [4.69, 9.17) is 5.11 Å². The minimum absolute atomic E-state index is 0.247. The Morgan fingerprint density at radius 2 is 2.18 bits per heavy atom. The highest BCUT2D eigenvalue weighted by atomic mass is 32.2. The molecule has 0 radical (unpaired) electrons. The zero-order chi connectivity index (χ0) is 12.8. The zero-order valence-electron chi connectivity index (χ0n) is 10.3. The van der Waals surface area contributed by atoms with E-state index in [-0.39, 0.29) is 6.03 Å². The number of hydrogen-bond acceptors (Lipinski definition) is 3. The Kier molecular flexibility index (Phi) is 5.61. The van der Waals surface area contributed by atoms with Gasteiger partial charge in [0.2, 0.25) is 0 Å². The van der Waals surface area contributed by atoms with Gasteiger partial charge in [-0.25, -0.2) is 9.59 Å². The summed E-state index contributed by atoms with van der Waals surface area (Å²) >= 11 is 1.58. The average molecular weight is 260 g/mol. The molecule has 0 aromatic heterocycles. The van der Waals surface area contributed by atoms with Crippen molar-refractivity contribution in [3.63, 3.8) is 0 Å². The molecule has 0 saturated heterocycles. The summed E-state index contributed by atoms with van der Waals surface area (Å²) in [4.78, 5) is 24.6. The molecule has 0 aromatic rings. The van der Waals surface area contributed by atoms with Gasteiger partial charge < -0.3 is 15.3 Å². The first kappa shape index (κ1) is 14.2. The van der Waals surface area contributed by atoms with Crippen LogP contribution < -0.4 is 5.32 Å². The molecule has 6 heteroatoms. The summed E-state index contributed by atoms with van der Waals surface area (Å²) < 4.78 is 0. The van der Waals surface area contributed by atoms with Gasteiger partial charge in [0.1, 0.15) is 6.04 Å². The minimum Gasteiger partial charge on any atom is -0.480 e. The molecule has 2 amide bonds. The first-order chi connectivity index (χ1) is 8.10. The molecule has 0 spiro atoms. The predicted molar refractivity (Wildman–Crippen MR) is 68.4 cm³/mol. The van der Waals surface area contributed by atoms with Crippen LogP contribution in [0.2, 0.25) is 0 Å². The number of aliphatic carboxylic acids is 1. The molecule has 5 nitrogen and oxygen atoms in total. The van der Waals surface area contributed by atoms with E-state index in [9.17, 15) is 9.59 Å². The lowest BCUT2D eigenvalue weighted by Gasteiger charge is -2.23. The maximum atomic E-state index is 11.9. The highest BCUT2D eigenvalue weighted by Crippen LogP contribution is 2.26. The number of carboxylic acids is 1. The summed E-state index contributed by atoms with van der Waals surface area (Å²) in [5.41, 5.74) is 0. The summed E-state index contributed by atoms with van der Waals surface area (Å²) in [7, 11) is 0. The fraction of sp³-hybridized carbons (Fsp3) is 0.818. The van der Waals surface area contributed by atoms with Crippen LogP contribution in [0.15, 0.2) is 0 Å². The fourth-order valence-corrected chi connectivity index (χ4v) is 2.15. The van der Waals surface area contributed by atoms with E-state index in [1.165, 1.54) is 0 Å². The second-order valence-corrected chi connectivity index (χ2v) is 5.12. The second-order valence-electron chi connectivity index (χ2n) is 4.14. The minimum atomic E-state index is -0.959. The van der Waals surface area contributed by atoms with E-state index in [2.05, 4.69) is 5.32 Å². The molecule has 0 bridgehead atoms. The normalized spacial score (nSPS) is 16.4. The molecule has 1 unspecified atom stereocenters. The maximum absolute atomic E-state index is 11.9. The molecule has 1 fully saturated rings. The molecule has 0 heterocycles. The number of thioether (sulfide) groups is 1. The SMILES string of the molecule is CCN(C(=O)NC(CCSC)C(=O)O)C1CC1. The lowest BCUT2D eigenvalue weighted by molar-refractivity contribution is -0.139. The molecule has 98 valence electrons. The molecule has 1 aliphatic carbocycles. The third kappa shape index (κ3) is 4.46. The predicted octanol–water partition coefficient (Wildman–Crippen LogP) is 1.39. The van der Waals surface area contributed by atoms with Gasteiger partial charge >= 0.3 is 12.0 Å². The summed E-state index contributed by atoms with van der Waals surface area (Å²) in [6, 6.07) is -0.707. The first-order valence-electron chi connectivity index (χ1n) is 5.89. The Hall–Kier alpha value is -0.910. The quantitative estimate of drug-likeness (QED) is 0.725. The molecule has 1 atom stereocenters. The van der Waals surface area contributed by atoms with Crippen LogP contribution in [-0.2, 0) is 4.79 Å². The molecule has 0 aliphatic heterocycles. The summed E-state index contributed by atoms with van der Waals surface area (Å²) in [6.45, 7) is 2.54. The van der Waals surface area contributed by atoms with Gasteiger partial charge in [-0.2, -0.15) is 11.8 Å². The lowest BCUT2D eigenvalue weighted by atomic mass is 10.2. The van der Waals surface area contributed by atoms with E-state index in [0.717, 1.165) is 18.6 Å². The summed E-state index contributed by atoms with van der Waals surface area (Å²) in [5, 5.41) is 11.6. The van der Waals surface area contributed by atoms with Crippen molar-refractivity contribution >= 4 is 23.8 Å². The molecule has 0 aromatic carbocycles. The van der Waals surface area contributed by atoms with Gasteiger partial charge in [-0.05, 0) is 38.2 Å². The van der Waals surface area contributed by atoms with Crippen molar-refractivity contribution in [1.82, 2.24) is 10.2 Å². The van der Waals surface area contributed by atoms with Crippen LogP contribution in [0.25, 0.3) is 0 Å². The largest absolute Gasteiger partial charge is 0.480 e. The van der Waals surface area contributed by atoms with Crippen LogP contribution in [0.1, 0.15) is 26.2 Å². The van der Waals surface area contributed by atoms with Crippen LogP contribution in [0.5, 0.6) is 0 Å². The fourth-order valence-electron chi connectivity index (χ4n) is 1.68. The topological polar surface area (TPSA) is 69.6 Å². The molecule has 1 saturated carbocycles. The van der Waals surface area contributed by atoms with Crippen LogP contribution in [0, 0.1) is 0 Å². The molecular formula is C11H20N2O3S. The van der Waals surface area contributed by atoms with Crippen molar-refractivity contribution in [2.75, 3.05) is 18.6 Å². The van der Waals surface area contributed by atoms with Crippen molar-refractivity contribution in [1.29, 1.82) is 0 Å². The van der Waals surface area contributed by atoms with Crippen molar-refractivity contribution in [2.24, 2.45) is 0 Å². The van der Waals surface area contributed by atoms with Crippen LogP contribution in [-0.4, -0.2) is 52.6 Å². The highest BCUT2D eigenvalue weighted by molar-refractivity contribution is 7.98. The summed E-state index contributed by atoms with van der Waals surface area (Å²) in [5.74, 6) is -0.230. The third-order valence-electron chi connectivity index (χ3n) is 2.80.